The van der Waals surface area contributed by atoms with Crippen LogP contribution in [0.4, 0.5) is 17.1 Å². The lowest BCUT2D eigenvalue weighted by Crippen LogP contribution is -2.15. The number of hydrogen-bond donors (Lipinski definition) is 2. The summed E-state index contributed by atoms with van der Waals surface area (Å²) >= 11 is 1.49. The van der Waals surface area contributed by atoms with Gasteiger partial charge >= 0.3 is 0 Å². The molecule has 28 heavy (non-hydrogen) atoms. The zero-order chi connectivity index (χ0) is 20.1. The summed E-state index contributed by atoms with van der Waals surface area (Å²) in [7, 11) is 3.95. The number of carbonyl (C=O) groups excluding carboxylic acids is 2. The summed E-state index contributed by atoms with van der Waals surface area (Å²) in [4.78, 5) is 29.9. The summed E-state index contributed by atoms with van der Waals surface area (Å²) in [6, 6.07) is 15.2. The summed E-state index contributed by atoms with van der Waals surface area (Å²) in [6.07, 6.45) is 0.218. The minimum Gasteiger partial charge on any atom is -0.378 e. The van der Waals surface area contributed by atoms with Crippen molar-refractivity contribution in [3.63, 3.8) is 0 Å². The van der Waals surface area contributed by atoms with Crippen LogP contribution in [0.5, 0.6) is 0 Å². The van der Waals surface area contributed by atoms with Gasteiger partial charge in [-0.1, -0.05) is 0 Å². The lowest BCUT2D eigenvalue weighted by atomic mass is 10.2. The number of benzene rings is 2. The standard InChI is InChI=1S/C21H22N4O2S/c1-14(26)22-16-6-4-15(5-7-16)21-24-18(13-28-21)12-20(27)23-17-8-10-19(11-9-17)25(2)3/h4-11,13H,12H2,1-3H3,(H,22,26)(H,23,27). The van der Waals surface area contributed by atoms with Gasteiger partial charge in [0.05, 0.1) is 12.1 Å². The molecule has 0 saturated carbocycles. The second-order valence-corrected chi connectivity index (χ2v) is 7.43. The molecule has 1 heterocycles. The van der Waals surface area contributed by atoms with Gasteiger partial charge in [0.25, 0.3) is 0 Å². The minimum atomic E-state index is -0.105. The topological polar surface area (TPSA) is 74.3 Å². The first-order valence-corrected chi connectivity index (χ1v) is 9.68. The molecule has 0 unspecified atom stereocenters. The molecule has 0 bridgehead atoms. The number of thiazole rings is 1. The zero-order valence-electron chi connectivity index (χ0n) is 16.0. The van der Waals surface area contributed by atoms with E-state index in [1.807, 2.05) is 72.9 Å². The van der Waals surface area contributed by atoms with Crippen LogP contribution in [-0.2, 0) is 16.0 Å². The molecule has 0 spiro atoms. The summed E-state index contributed by atoms with van der Waals surface area (Å²) < 4.78 is 0. The molecule has 2 aromatic carbocycles. The van der Waals surface area contributed by atoms with Crippen LogP contribution in [0.15, 0.2) is 53.9 Å². The normalized spacial score (nSPS) is 10.4. The van der Waals surface area contributed by atoms with Crippen LogP contribution >= 0.6 is 11.3 Å². The smallest absolute Gasteiger partial charge is 0.230 e. The highest BCUT2D eigenvalue weighted by Gasteiger charge is 2.10. The molecule has 7 heteroatoms. The summed E-state index contributed by atoms with van der Waals surface area (Å²) in [5.74, 6) is -0.206. The van der Waals surface area contributed by atoms with Crippen molar-refractivity contribution >= 4 is 40.2 Å². The molecule has 0 saturated heterocycles. The lowest BCUT2D eigenvalue weighted by Gasteiger charge is -2.12. The first-order chi connectivity index (χ1) is 13.4. The van der Waals surface area contributed by atoms with E-state index in [0.717, 1.165) is 33.3 Å². The number of amides is 2. The first-order valence-electron chi connectivity index (χ1n) is 8.80. The van der Waals surface area contributed by atoms with Crippen LogP contribution < -0.4 is 15.5 Å². The average molecular weight is 395 g/mol. The molecule has 2 amide bonds. The maximum absolute atomic E-state index is 12.3. The van der Waals surface area contributed by atoms with Crippen molar-refractivity contribution < 1.29 is 9.59 Å². The van der Waals surface area contributed by atoms with Gasteiger partial charge < -0.3 is 15.5 Å². The van der Waals surface area contributed by atoms with E-state index in [2.05, 4.69) is 15.6 Å². The SMILES string of the molecule is CC(=O)Nc1ccc(-c2nc(CC(=O)Nc3ccc(N(C)C)cc3)cs2)cc1. The van der Waals surface area contributed by atoms with Crippen LogP contribution in [0.2, 0.25) is 0 Å². The van der Waals surface area contributed by atoms with Gasteiger partial charge in [0, 0.05) is 49.0 Å². The highest BCUT2D eigenvalue weighted by atomic mass is 32.1. The molecule has 144 valence electrons. The van der Waals surface area contributed by atoms with E-state index in [1.54, 1.807) is 0 Å². The van der Waals surface area contributed by atoms with Crippen molar-refractivity contribution in [1.29, 1.82) is 0 Å². The molecular formula is C21H22N4O2S. The largest absolute Gasteiger partial charge is 0.378 e. The number of nitrogens with zero attached hydrogens (tertiary/aromatic N) is 2. The fraction of sp³-hybridized carbons (Fsp3) is 0.190. The first kappa shape index (κ1) is 19.6. The summed E-state index contributed by atoms with van der Waals surface area (Å²) in [5, 5.41) is 8.37. The van der Waals surface area contributed by atoms with E-state index >= 15 is 0 Å². The number of anilines is 3. The predicted octanol–water partition coefficient (Wildman–Crippen LogP) is 4.02. The van der Waals surface area contributed by atoms with Gasteiger partial charge in [0.1, 0.15) is 5.01 Å². The van der Waals surface area contributed by atoms with Gasteiger partial charge in [-0.3, -0.25) is 9.59 Å². The molecule has 3 aromatic rings. The lowest BCUT2D eigenvalue weighted by molar-refractivity contribution is -0.116. The Balaban J connectivity index is 1.60. The van der Waals surface area contributed by atoms with Gasteiger partial charge in [-0.2, -0.15) is 0 Å². The van der Waals surface area contributed by atoms with Crippen LogP contribution in [0.1, 0.15) is 12.6 Å². The third kappa shape index (κ3) is 5.17. The van der Waals surface area contributed by atoms with Crippen LogP contribution in [0.25, 0.3) is 10.6 Å². The van der Waals surface area contributed by atoms with E-state index in [4.69, 9.17) is 0 Å². The highest BCUT2D eigenvalue weighted by molar-refractivity contribution is 7.13. The zero-order valence-corrected chi connectivity index (χ0v) is 16.8. The van der Waals surface area contributed by atoms with Crippen molar-refractivity contribution in [3.8, 4) is 10.6 Å². The van der Waals surface area contributed by atoms with E-state index < -0.39 is 0 Å². The number of rotatable bonds is 6. The summed E-state index contributed by atoms with van der Waals surface area (Å²) in [5.41, 5.74) is 4.26. The van der Waals surface area contributed by atoms with Gasteiger partial charge in [-0.15, -0.1) is 11.3 Å². The van der Waals surface area contributed by atoms with E-state index in [9.17, 15) is 9.59 Å². The third-order valence-corrected chi connectivity index (χ3v) is 4.95. The average Bonchev–Trinajstić information content (AvgIpc) is 3.10. The van der Waals surface area contributed by atoms with E-state index in [-0.39, 0.29) is 18.2 Å². The predicted molar refractivity (Wildman–Crippen MR) is 115 cm³/mol. The Morgan fingerprint density at radius 2 is 1.57 bits per heavy atom. The van der Waals surface area contributed by atoms with Gasteiger partial charge in [-0.05, 0) is 48.5 Å². The van der Waals surface area contributed by atoms with Crippen molar-refractivity contribution in [3.05, 3.63) is 59.6 Å². The third-order valence-electron chi connectivity index (χ3n) is 4.01. The molecule has 0 aliphatic rings. The molecule has 6 nitrogen and oxygen atoms in total. The minimum absolute atomic E-state index is 0.101. The van der Waals surface area contributed by atoms with Gasteiger partial charge in [0.2, 0.25) is 11.8 Å². The molecule has 3 rings (SSSR count). The second-order valence-electron chi connectivity index (χ2n) is 6.57. The van der Waals surface area contributed by atoms with E-state index in [0.29, 0.717) is 0 Å². The fourth-order valence-electron chi connectivity index (χ4n) is 2.63. The van der Waals surface area contributed by atoms with Gasteiger partial charge in [-0.25, -0.2) is 4.98 Å². The quantitative estimate of drug-likeness (QED) is 0.662. The Labute approximate surface area is 168 Å². The van der Waals surface area contributed by atoms with Crippen molar-refractivity contribution in [2.75, 3.05) is 29.6 Å². The number of nitrogens with one attached hydrogen (secondary N) is 2. The Hall–Kier alpha value is -3.19. The highest BCUT2D eigenvalue weighted by Crippen LogP contribution is 2.25. The molecule has 0 fully saturated rings. The Morgan fingerprint density at radius 1 is 0.964 bits per heavy atom. The molecule has 0 atom stereocenters. The molecule has 0 radical (unpaired) electrons. The molecule has 1 aromatic heterocycles. The fourth-order valence-corrected chi connectivity index (χ4v) is 3.46. The van der Waals surface area contributed by atoms with Crippen LogP contribution in [-0.4, -0.2) is 30.9 Å². The molecule has 0 aliphatic heterocycles. The Kier molecular flexibility index (Phi) is 6.06. The van der Waals surface area contributed by atoms with Gasteiger partial charge in [0.15, 0.2) is 0 Å². The number of hydrogen-bond acceptors (Lipinski definition) is 5. The second kappa shape index (κ2) is 8.67. The Morgan fingerprint density at radius 3 is 2.18 bits per heavy atom. The summed E-state index contributed by atoms with van der Waals surface area (Å²) in [6.45, 7) is 1.47. The number of aromatic nitrogens is 1. The maximum atomic E-state index is 12.3. The number of carbonyl (C=O) groups is 2. The molecule has 2 N–H and O–H groups in total. The van der Waals surface area contributed by atoms with Crippen LogP contribution in [0.3, 0.4) is 0 Å². The molecular weight excluding hydrogens is 372 g/mol. The van der Waals surface area contributed by atoms with Crippen molar-refractivity contribution in [2.45, 2.75) is 13.3 Å². The molecule has 0 aliphatic carbocycles. The van der Waals surface area contributed by atoms with E-state index in [1.165, 1.54) is 18.3 Å². The van der Waals surface area contributed by atoms with Crippen molar-refractivity contribution in [1.82, 2.24) is 4.98 Å². The maximum Gasteiger partial charge on any atom is 0.230 e. The monoisotopic (exact) mass is 394 g/mol. The van der Waals surface area contributed by atoms with Crippen molar-refractivity contribution in [2.24, 2.45) is 0 Å². The Bertz CT molecular complexity index is 963. The van der Waals surface area contributed by atoms with Crippen LogP contribution in [0, 0.1) is 0 Å².